The Labute approximate surface area is 177 Å². The van der Waals surface area contributed by atoms with Crippen LogP contribution in [-0.4, -0.2) is 27.5 Å². The summed E-state index contributed by atoms with van der Waals surface area (Å²) in [4.78, 5) is 13.1. The normalized spacial score (nSPS) is 12.2. The Morgan fingerprint density at radius 1 is 0.900 bits per heavy atom. The molecule has 0 aromatic heterocycles. The summed E-state index contributed by atoms with van der Waals surface area (Å²) < 4.78 is 33.5. The number of hydrogen-bond acceptors (Lipinski definition) is 4. The second-order valence-electron chi connectivity index (χ2n) is 6.71. The Hall–Kier alpha value is -3.16. The molecule has 0 bridgehead atoms. The quantitative estimate of drug-likeness (QED) is 0.553. The summed E-state index contributed by atoms with van der Waals surface area (Å²) in [6.45, 7) is 0.223. The number of carbonyl (C=O) groups excluding carboxylic acids is 1. The molecule has 0 saturated carbocycles. The van der Waals surface area contributed by atoms with Gasteiger partial charge in [-0.15, -0.1) is 0 Å². The molecule has 0 aliphatic rings. The minimum absolute atomic E-state index is 0.112. The molecule has 0 spiro atoms. The minimum Gasteiger partial charge on any atom is -0.496 e. The molecule has 0 saturated heterocycles. The monoisotopic (exact) mass is 424 g/mol. The highest BCUT2D eigenvalue weighted by molar-refractivity contribution is 7.89. The number of methoxy groups -OCH3 is 1. The molecule has 30 heavy (non-hydrogen) atoms. The first-order valence-corrected chi connectivity index (χ1v) is 11.0. The van der Waals surface area contributed by atoms with E-state index in [9.17, 15) is 13.2 Å². The summed E-state index contributed by atoms with van der Waals surface area (Å²) in [5.41, 5.74) is 1.66. The first-order chi connectivity index (χ1) is 14.5. The van der Waals surface area contributed by atoms with Crippen LogP contribution in [0.5, 0.6) is 5.75 Å². The maximum atomic E-state index is 13.0. The van der Waals surface area contributed by atoms with Crippen molar-refractivity contribution in [2.75, 3.05) is 7.11 Å². The Balaban J connectivity index is 1.79. The Morgan fingerprint density at radius 3 is 2.17 bits per heavy atom. The summed E-state index contributed by atoms with van der Waals surface area (Å²) in [6.07, 6.45) is 0.227. The fraction of sp³-hybridized carbons (Fsp3) is 0.174. The number of carbonyl (C=O) groups is 1. The molecule has 0 radical (unpaired) electrons. The molecule has 1 atom stereocenters. The highest BCUT2D eigenvalue weighted by atomic mass is 32.2. The topological polar surface area (TPSA) is 84.5 Å². The van der Waals surface area contributed by atoms with Gasteiger partial charge in [-0.3, -0.25) is 4.79 Å². The van der Waals surface area contributed by atoms with Crippen LogP contribution in [-0.2, 0) is 27.8 Å². The Kier molecular flexibility index (Phi) is 7.21. The molecule has 156 valence electrons. The lowest BCUT2D eigenvalue weighted by Crippen LogP contribution is -2.47. The van der Waals surface area contributed by atoms with Crippen LogP contribution in [0.2, 0.25) is 0 Å². The third-order valence-electron chi connectivity index (χ3n) is 4.60. The highest BCUT2D eigenvalue weighted by Gasteiger charge is 2.26. The molecule has 1 amide bonds. The van der Waals surface area contributed by atoms with Crippen molar-refractivity contribution < 1.29 is 17.9 Å². The largest absolute Gasteiger partial charge is 0.496 e. The minimum atomic E-state index is -3.86. The van der Waals surface area contributed by atoms with Gasteiger partial charge in [0, 0.05) is 12.1 Å². The summed E-state index contributed by atoms with van der Waals surface area (Å²) in [5, 5.41) is 2.82. The number of rotatable bonds is 9. The van der Waals surface area contributed by atoms with E-state index in [-0.39, 0.29) is 17.9 Å². The third-order valence-corrected chi connectivity index (χ3v) is 6.08. The van der Waals surface area contributed by atoms with E-state index in [4.69, 9.17) is 4.74 Å². The van der Waals surface area contributed by atoms with Gasteiger partial charge in [0.1, 0.15) is 11.8 Å². The van der Waals surface area contributed by atoms with Crippen LogP contribution in [0.3, 0.4) is 0 Å². The number of hydrogen-bond donors (Lipinski definition) is 2. The van der Waals surface area contributed by atoms with Crippen molar-refractivity contribution in [1.29, 1.82) is 0 Å². The molecule has 3 rings (SSSR count). The van der Waals surface area contributed by atoms with Crippen LogP contribution in [0.15, 0.2) is 89.8 Å². The maximum Gasteiger partial charge on any atom is 0.241 e. The van der Waals surface area contributed by atoms with Gasteiger partial charge >= 0.3 is 0 Å². The number of amides is 1. The lowest BCUT2D eigenvalue weighted by Gasteiger charge is -2.19. The molecule has 3 aromatic carbocycles. The first-order valence-electron chi connectivity index (χ1n) is 9.50. The number of sulfonamides is 1. The second-order valence-corrected chi connectivity index (χ2v) is 8.42. The smallest absolute Gasteiger partial charge is 0.241 e. The van der Waals surface area contributed by atoms with E-state index in [0.29, 0.717) is 5.75 Å². The van der Waals surface area contributed by atoms with E-state index >= 15 is 0 Å². The van der Waals surface area contributed by atoms with Crippen LogP contribution < -0.4 is 14.8 Å². The summed E-state index contributed by atoms with van der Waals surface area (Å²) >= 11 is 0. The summed E-state index contributed by atoms with van der Waals surface area (Å²) in [5.74, 6) is 0.242. The zero-order valence-corrected chi connectivity index (χ0v) is 17.4. The van der Waals surface area contributed by atoms with Gasteiger partial charge in [0.2, 0.25) is 15.9 Å². The van der Waals surface area contributed by atoms with Crippen molar-refractivity contribution in [2.45, 2.75) is 23.9 Å². The lowest BCUT2D eigenvalue weighted by atomic mass is 10.1. The number of nitrogens with one attached hydrogen (secondary N) is 2. The van der Waals surface area contributed by atoms with Crippen LogP contribution in [0, 0.1) is 0 Å². The van der Waals surface area contributed by atoms with Gasteiger partial charge in [0.15, 0.2) is 0 Å². The zero-order chi connectivity index (χ0) is 21.4. The third kappa shape index (κ3) is 5.68. The van der Waals surface area contributed by atoms with Crippen LogP contribution in [0.25, 0.3) is 0 Å². The van der Waals surface area contributed by atoms with Crippen LogP contribution in [0.1, 0.15) is 11.1 Å². The number of ether oxygens (including phenoxy) is 1. The van der Waals surface area contributed by atoms with Crippen molar-refractivity contribution in [3.8, 4) is 5.75 Å². The SMILES string of the molecule is COc1ccccc1CNC(=O)[C@H](Cc1ccccc1)NS(=O)(=O)c1ccccc1. The molecular formula is C23H24N2O4S. The van der Waals surface area contributed by atoms with Gasteiger partial charge in [-0.2, -0.15) is 4.72 Å². The van der Waals surface area contributed by atoms with Crippen LogP contribution in [0.4, 0.5) is 0 Å². The van der Waals surface area contributed by atoms with E-state index in [0.717, 1.165) is 11.1 Å². The fourth-order valence-corrected chi connectivity index (χ4v) is 4.26. The second kappa shape index (κ2) is 10.0. The molecule has 0 aliphatic carbocycles. The summed E-state index contributed by atoms with van der Waals surface area (Å²) in [7, 11) is -2.29. The highest BCUT2D eigenvalue weighted by Crippen LogP contribution is 2.17. The number of para-hydroxylation sites is 1. The Morgan fingerprint density at radius 2 is 1.50 bits per heavy atom. The van der Waals surface area contributed by atoms with Crippen molar-refractivity contribution in [2.24, 2.45) is 0 Å². The van der Waals surface area contributed by atoms with Crippen molar-refractivity contribution in [3.63, 3.8) is 0 Å². The molecule has 0 unspecified atom stereocenters. The van der Waals surface area contributed by atoms with E-state index in [1.54, 1.807) is 31.4 Å². The standard InChI is InChI=1S/C23H24N2O4S/c1-29-22-15-9-8-12-19(22)17-24-23(26)21(16-18-10-4-2-5-11-18)25-30(27,28)20-13-6-3-7-14-20/h2-15,21,25H,16-17H2,1H3,(H,24,26)/t21-/m0/s1. The van der Waals surface area contributed by atoms with E-state index in [2.05, 4.69) is 10.0 Å². The van der Waals surface area contributed by atoms with E-state index in [1.807, 2.05) is 48.5 Å². The molecule has 2 N–H and O–H groups in total. The van der Waals surface area contributed by atoms with Gasteiger partial charge in [0.25, 0.3) is 0 Å². The van der Waals surface area contributed by atoms with Gasteiger partial charge in [-0.25, -0.2) is 8.42 Å². The molecule has 6 nitrogen and oxygen atoms in total. The van der Waals surface area contributed by atoms with Gasteiger partial charge in [-0.05, 0) is 30.2 Å². The molecule has 0 fully saturated rings. The van der Waals surface area contributed by atoms with Crippen molar-refractivity contribution >= 4 is 15.9 Å². The summed E-state index contributed by atoms with van der Waals surface area (Å²) in [6, 6.07) is 23.7. The maximum absolute atomic E-state index is 13.0. The predicted molar refractivity (Wildman–Crippen MR) is 116 cm³/mol. The molecule has 0 aliphatic heterocycles. The van der Waals surface area contributed by atoms with Crippen molar-refractivity contribution in [3.05, 3.63) is 96.1 Å². The Bertz CT molecular complexity index is 1070. The average molecular weight is 425 g/mol. The predicted octanol–water partition coefficient (Wildman–Crippen LogP) is 2.90. The first kappa shape index (κ1) is 21.5. The van der Waals surface area contributed by atoms with Gasteiger partial charge in [0.05, 0.1) is 12.0 Å². The number of benzene rings is 3. The van der Waals surface area contributed by atoms with E-state index in [1.165, 1.54) is 12.1 Å². The molecule has 7 heteroatoms. The molecule has 0 heterocycles. The average Bonchev–Trinajstić information content (AvgIpc) is 2.78. The van der Waals surface area contributed by atoms with Crippen LogP contribution >= 0.6 is 0 Å². The fourth-order valence-electron chi connectivity index (χ4n) is 3.05. The molecule has 3 aromatic rings. The van der Waals surface area contributed by atoms with Crippen molar-refractivity contribution in [1.82, 2.24) is 10.0 Å². The van der Waals surface area contributed by atoms with E-state index < -0.39 is 22.0 Å². The lowest BCUT2D eigenvalue weighted by molar-refractivity contribution is -0.122. The van der Waals surface area contributed by atoms with Gasteiger partial charge in [-0.1, -0.05) is 66.7 Å². The van der Waals surface area contributed by atoms with Gasteiger partial charge < -0.3 is 10.1 Å². The zero-order valence-electron chi connectivity index (χ0n) is 16.6. The molecular weight excluding hydrogens is 400 g/mol.